The molecule has 0 saturated carbocycles. The van der Waals surface area contributed by atoms with Crippen molar-refractivity contribution in [1.82, 2.24) is 14.9 Å². The summed E-state index contributed by atoms with van der Waals surface area (Å²) in [5, 5.41) is 9.26. The van der Waals surface area contributed by atoms with Crippen LogP contribution in [0.1, 0.15) is 23.2 Å². The second-order valence-corrected chi connectivity index (χ2v) is 6.19. The standard InChI is InChI=1S/C19H21N5O/c1-15-5-6-16(14-22-15)12-18(25)23-8-3-9-24(11-10-23)19-17(13-20)4-2-7-21-19/h2,4-7,14H,3,8-12H2,1H3. The Labute approximate surface area is 147 Å². The molecule has 0 aromatic carbocycles. The maximum absolute atomic E-state index is 12.6. The molecule has 0 spiro atoms. The molecule has 6 nitrogen and oxygen atoms in total. The smallest absolute Gasteiger partial charge is 0.227 e. The van der Waals surface area contributed by atoms with Crippen LogP contribution in [0.2, 0.25) is 0 Å². The first kappa shape index (κ1) is 16.9. The van der Waals surface area contributed by atoms with E-state index in [-0.39, 0.29) is 5.91 Å². The van der Waals surface area contributed by atoms with E-state index >= 15 is 0 Å². The van der Waals surface area contributed by atoms with Gasteiger partial charge in [-0.1, -0.05) is 6.07 Å². The summed E-state index contributed by atoms with van der Waals surface area (Å²) >= 11 is 0. The third-order valence-corrected chi connectivity index (χ3v) is 4.38. The number of anilines is 1. The Bertz CT molecular complexity index is 781. The number of amides is 1. The number of carbonyl (C=O) groups excluding carboxylic acids is 1. The molecule has 25 heavy (non-hydrogen) atoms. The van der Waals surface area contributed by atoms with Crippen molar-refractivity contribution in [2.24, 2.45) is 0 Å². The summed E-state index contributed by atoms with van der Waals surface area (Å²) in [4.78, 5) is 25.2. The summed E-state index contributed by atoms with van der Waals surface area (Å²) in [5.74, 6) is 0.830. The minimum absolute atomic E-state index is 0.119. The van der Waals surface area contributed by atoms with Crippen LogP contribution in [0.15, 0.2) is 36.7 Å². The highest BCUT2D eigenvalue weighted by atomic mass is 16.2. The fourth-order valence-corrected chi connectivity index (χ4v) is 3.00. The lowest BCUT2D eigenvalue weighted by Crippen LogP contribution is -2.36. The van der Waals surface area contributed by atoms with Gasteiger partial charge in [-0.25, -0.2) is 4.98 Å². The van der Waals surface area contributed by atoms with Crippen molar-refractivity contribution in [2.45, 2.75) is 19.8 Å². The molecule has 1 aliphatic rings. The third-order valence-electron chi connectivity index (χ3n) is 4.38. The molecule has 1 saturated heterocycles. The van der Waals surface area contributed by atoms with E-state index in [1.807, 2.05) is 24.0 Å². The molecule has 1 fully saturated rings. The average Bonchev–Trinajstić information content (AvgIpc) is 2.90. The highest BCUT2D eigenvalue weighted by molar-refractivity contribution is 5.78. The SMILES string of the molecule is Cc1ccc(CC(=O)N2CCCN(c3ncccc3C#N)CC2)cn1. The molecule has 128 valence electrons. The monoisotopic (exact) mass is 335 g/mol. The van der Waals surface area contributed by atoms with E-state index in [0.29, 0.717) is 30.9 Å². The quantitative estimate of drug-likeness (QED) is 0.857. The van der Waals surface area contributed by atoms with Crippen LogP contribution < -0.4 is 4.90 Å². The largest absolute Gasteiger partial charge is 0.354 e. The van der Waals surface area contributed by atoms with E-state index in [1.54, 1.807) is 24.5 Å². The Morgan fingerprint density at radius 3 is 2.84 bits per heavy atom. The first-order chi connectivity index (χ1) is 12.2. The molecule has 3 heterocycles. The molecule has 1 aliphatic heterocycles. The van der Waals surface area contributed by atoms with Gasteiger partial charge in [0, 0.05) is 44.3 Å². The van der Waals surface area contributed by atoms with Gasteiger partial charge >= 0.3 is 0 Å². The zero-order valence-corrected chi connectivity index (χ0v) is 14.4. The van der Waals surface area contributed by atoms with Crippen LogP contribution in [-0.4, -0.2) is 47.0 Å². The van der Waals surface area contributed by atoms with Crippen molar-refractivity contribution in [3.8, 4) is 6.07 Å². The van der Waals surface area contributed by atoms with Crippen LogP contribution >= 0.6 is 0 Å². The topological polar surface area (TPSA) is 73.1 Å². The first-order valence-electron chi connectivity index (χ1n) is 8.47. The number of aryl methyl sites for hydroxylation is 1. The number of hydrogen-bond acceptors (Lipinski definition) is 5. The van der Waals surface area contributed by atoms with Crippen LogP contribution in [0.25, 0.3) is 0 Å². The van der Waals surface area contributed by atoms with Gasteiger partial charge < -0.3 is 9.80 Å². The Morgan fingerprint density at radius 1 is 1.20 bits per heavy atom. The van der Waals surface area contributed by atoms with Crippen molar-refractivity contribution < 1.29 is 4.79 Å². The number of carbonyl (C=O) groups is 1. The van der Waals surface area contributed by atoms with Crippen molar-refractivity contribution in [3.63, 3.8) is 0 Å². The van der Waals surface area contributed by atoms with E-state index in [0.717, 1.165) is 30.8 Å². The fourth-order valence-electron chi connectivity index (χ4n) is 3.00. The number of hydrogen-bond donors (Lipinski definition) is 0. The fraction of sp³-hybridized carbons (Fsp3) is 0.368. The molecule has 6 heteroatoms. The van der Waals surface area contributed by atoms with E-state index in [4.69, 9.17) is 0 Å². The second kappa shape index (κ2) is 7.75. The lowest BCUT2D eigenvalue weighted by Gasteiger charge is -2.23. The summed E-state index contributed by atoms with van der Waals surface area (Å²) in [7, 11) is 0. The minimum Gasteiger partial charge on any atom is -0.354 e. The van der Waals surface area contributed by atoms with E-state index in [2.05, 4.69) is 20.9 Å². The number of rotatable bonds is 3. The van der Waals surface area contributed by atoms with Crippen molar-refractivity contribution in [2.75, 3.05) is 31.1 Å². The highest BCUT2D eigenvalue weighted by Gasteiger charge is 2.21. The van der Waals surface area contributed by atoms with Crippen molar-refractivity contribution >= 4 is 11.7 Å². The average molecular weight is 335 g/mol. The van der Waals surface area contributed by atoms with E-state index in [1.165, 1.54) is 0 Å². The number of pyridine rings is 2. The van der Waals surface area contributed by atoms with Crippen LogP contribution in [0.3, 0.4) is 0 Å². The molecule has 2 aromatic heterocycles. The molecule has 0 N–H and O–H groups in total. The predicted molar refractivity (Wildman–Crippen MR) is 95.0 cm³/mol. The van der Waals surface area contributed by atoms with Gasteiger partial charge in [-0.3, -0.25) is 9.78 Å². The molecule has 0 atom stereocenters. The third kappa shape index (κ3) is 4.13. The Hall–Kier alpha value is -2.94. The van der Waals surface area contributed by atoms with Crippen LogP contribution in [0, 0.1) is 18.3 Å². The predicted octanol–water partition coefficient (Wildman–Crippen LogP) is 1.94. The van der Waals surface area contributed by atoms with Crippen LogP contribution in [0.4, 0.5) is 5.82 Å². The summed E-state index contributed by atoms with van der Waals surface area (Å²) in [6, 6.07) is 9.62. The summed E-state index contributed by atoms with van der Waals surface area (Å²) in [6.07, 6.45) is 4.71. The molecular weight excluding hydrogens is 314 g/mol. The summed E-state index contributed by atoms with van der Waals surface area (Å²) < 4.78 is 0. The zero-order valence-electron chi connectivity index (χ0n) is 14.4. The van der Waals surface area contributed by atoms with Gasteiger partial charge in [-0.2, -0.15) is 5.26 Å². The lowest BCUT2D eigenvalue weighted by molar-refractivity contribution is -0.130. The molecule has 0 aliphatic carbocycles. The molecule has 0 bridgehead atoms. The van der Waals surface area contributed by atoms with Crippen molar-refractivity contribution in [3.05, 3.63) is 53.5 Å². The van der Waals surface area contributed by atoms with Crippen LogP contribution in [0.5, 0.6) is 0 Å². The molecule has 0 unspecified atom stereocenters. The van der Waals surface area contributed by atoms with Gasteiger partial charge in [0.25, 0.3) is 0 Å². The number of nitriles is 1. The van der Waals surface area contributed by atoms with Gasteiger partial charge in [0.2, 0.25) is 5.91 Å². The summed E-state index contributed by atoms with van der Waals surface area (Å²) in [5.41, 5.74) is 2.46. The molecule has 2 aromatic rings. The molecule has 0 radical (unpaired) electrons. The zero-order chi connectivity index (χ0) is 17.6. The van der Waals surface area contributed by atoms with Gasteiger partial charge in [-0.05, 0) is 37.1 Å². The second-order valence-electron chi connectivity index (χ2n) is 6.19. The molecular formula is C19H21N5O. The van der Waals surface area contributed by atoms with Gasteiger partial charge in [0.15, 0.2) is 0 Å². The number of nitrogens with zero attached hydrogens (tertiary/aromatic N) is 5. The van der Waals surface area contributed by atoms with E-state index < -0.39 is 0 Å². The maximum atomic E-state index is 12.6. The van der Waals surface area contributed by atoms with Crippen molar-refractivity contribution in [1.29, 1.82) is 5.26 Å². The Balaban J connectivity index is 1.64. The van der Waals surface area contributed by atoms with Gasteiger partial charge in [0.1, 0.15) is 11.9 Å². The maximum Gasteiger partial charge on any atom is 0.227 e. The Morgan fingerprint density at radius 2 is 2.08 bits per heavy atom. The minimum atomic E-state index is 0.119. The highest BCUT2D eigenvalue weighted by Crippen LogP contribution is 2.18. The summed E-state index contributed by atoms with van der Waals surface area (Å²) in [6.45, 7) is 4.77. The lowest BCUT2D eigenvalue weighted by atomic mass is 10.2. The van der Waals surface area contributed by atoms with E-state index in [9.17, 15) is 10.1 Å². The van der Waals surface area contributed by atoms with Gasteiger partial charge in [0.05, 0.1) is 12.0 Å². The van der Waals surface area contributed by atoms with Gasteiger partial charge in [-0.15, -0.1) is 0 Å². The molecule has 3 rings (SSSR count). The number of aromatic nitrogens is 2. The van der Waals surface area contributed by atoms with Crippen LogP contribution in [-0.2, 0) is 11.2 Å². The first-order valence-corrected chi connectivity index (χ1v) is 8.47. The Kier molecular flexibility index (Phi) is 5.24. The normalized spacial score (nSPS) is 14.7. The molecule has 1 amide bonds.